The van der Waals surface area contributed by atoms with Gasteiger partial charge < -0.3 is 9.88 Å². The van der Waals surface area contributed by atoms with Crippen molar-refractivity contribution < 1.29 is 0 Å². The van der Waals surface area contributed by atoms with E-state index in [0.717, 1.165) is 64.6 Å². The summed E-state index contributed by atoms with van der Waals surface area (Å²) >= 11 is 6.55. The van der Waals surface area contributed by atoms with E-state index in [-0.39, 0.29) is 0 Å². The first-order valence-electron chi connectivity index (χ1n) is 12.2. The van der Waals surface area contributed by atoms with Crippen molar-refractivity contribution in [3.8, 4) is 16.9 Å². The summed E-state index contributed by atoms with van der Waals surface area (Å²) in [6, 6.07) is 14.7. The Labute approximate surface area is 209 Å². The minimum atomic E-state index is 0.707. The summed E-state index contributed by atoms with van der Waals surface area (Å²) in [6.45, 7) is 5.97. The van der Waals surface area contributed by atoms with Crippen molar-refractivity contribution in [2.75, 3.05) is 11.4 Å². The van der Waals surface area contributed by atoms with Crippen LogP contribution < -0.4 is 4.90 Å². The van der Waals surface area contributed by atoms with Crippen LogP contribution in [0.4, 0.5) is 5.95 Å². The minimum absolute atomic E-state index is 0.707. The molecule has 2 aromatic carbocycles. The maximum atomic E-state index is 6.55. The zero-order chi connectivity index (χ0) is 23.9. The summed E-state index contributed by atoms with van der Waals surface area (Å²) in [4.78, 5) is 14.6. The fraction of sp³-hybridized carbons (Fsp3) is 0.250. The maximum absolute atomic E-state index is 6.55. The Morgan fingerprint density at radius 3 is 2.49 bits per heavy atom. The van der Waals surface area contributed by atoms with Crippen LogP contribution in [0.5, 0.6) is 0 Å². The third kappa shape index (κ3) is 3.60. The number of aromatic amines is 1. The van der Waals surface area contributed by atoms with Crippen LogP contribution in [0, 0.1) is 0 Å². The van der Waals surface area contributed by atoms with Crippen LogP contribution in [0.25, 0.3) is 27.8 Å². The highest BCUT2D eigenvalue weighted by Crippen LogP contribution is 2.40. The van der Waals surface area contributed by atoms with Gasteiger partial charge in [0.05, 0.1) is 27.6 Å². The second kappa shape index (κ2) is 8.86. The van der Waals surface area contributed by atoms with Crippen LogP contribution in [0.15, 0.2) is 61.1 Å². The molecule has 0 fully saturated rings. The summed E-state index contributed by atoms with van der Waals surface area (Å²) in [5, 5.41) is 7.08. The van der Waals surface area contributed by atoms with E-state index >= 15 is 0 Å². The molecule has 0 bridgehead atoms. The number of fused-ring (bicyclic) bond motifs is 2. The van der Waals surface area contributed by atoms with Crippen LogP contribution in [0.1, 0.15) is 36.2 Å². The largest absolute Gasteiger partial charge is 0.360 e. The van der Waals surface area contributed by atoms with Crippen LogP contribution in [0.3, 0.4) is 0 Å². The predicted molar refractivity (Wildman–Crippen MR) is 141 cm³/mol. The molecule has 0 amide bonds. The molecule has 176 valence electrons. The molecule has 0 radical (unpaired) electrons. The lowest BCUT2D eigenvalue weighted by Gasteiger charge is -2.27. The molecule has 1 N–H and O–H groups in total. The van der Waals surface area contributed by atoms with Gasteiger partial charge in [-0.1, -0.05) is 49.7 Å². The number of nitrogens with zero attached hydrogens (tertiary/aromatic N) is 5. The first kappa shape index (κ1) is 21.9. The Morgan fingerprint density at radius 1 is 0.971 bits per heavy atom. The lowest BCUT2D eigenvalue weighted by molar-refractivity contribution is 0.694. The summed E-state index contributed by atoms with van der Waals surface area (Å²) in [5.74, 6) is 0.753. The Morgan fingerprint density at radius 2 is 1.74 bits per heavy atom. The Balaban J connectivity index is 1.63. The van der Waals surface area contributed by atoms with Gasteiger partial charge in [-0.3, -0.25) is 0 Å². The predicted octanol–water partition coefficient (Wildman–Crippen LogP) is 6.15. The standard InChI is InChI=1S/C28H27ClN6/c1-3-18-7-5-8-19(4-2)26(18)35-27(21-9-10-23(29)25-20(21)11-15-30-25)22-17-34(16-12-24(22)33-35)28-31-13-6-14-32-28/h5-11,13-15,30H,3-4,12,16-17H2,1-2H3. The number of anilines is 1. The molecule has 5 aromatic rings. The van der Waals surface area contributed by atoms with E-state index in [2.05, 4.69) is 68.7 Å². The third-order valence-electron chi connectivity index (χ3n) is 6.97. The lowest BCUT2D eigenvalue weighted by atomic mass is 9.97. The van der Waals surface area contributed by atoms with Crippen molar-refractivity contribution in [3.63, 3.8) is 0 Å². The molecule has 6 nitrogen and oxygen atoms in total. The minimum Gasteiger partial charge on any atom is -0.360 e. The number of aryl methyl sites for hydroxylation is 2. The molecule has 4 heterocycles. The van der Waals surface area contributed by atoms with Crippen molar-refractivity contribution in [2.24, 2.45) is 0 Å². The summed E-state index contributed by atoms with van der Waals surface area (Å²) in [6.07, 6.45) is 8.28. The van der Waals surface area contributed by atoms with Gasteiger partial charge in [-0.2, -0.15) is 5.10 Å². The van der Waals surface area contributed by atoms with Crippen LogP contribution in [-0.2, 0) is 25.8 Å². The van der Waals surface area contributed by atoms with Gasteiger partial charge in [0.2, 0.25) is 5.95 Å². The quantitative estimate of drug-likeness (QED) is 0.326. The first-order valence-corrected chi connectivity index (χ1v) is 12.6. The number of benzene rings is 2. The normalized spacial score (nSPS) is 13.4. The highest BCUT2D eigenvalue weighted by Gasteiger charge is 2.29. The second-order valence-corrected chi connectivity index (χ2v) is 9.31. The average Bonchev–Trinajstić information content (AvgIpc) is 3.55. The summed E-state index contributed by atoms with van der Waals surface area (Å²) < 4.78 is 2.20. The van der Waals surface area contributed by atoms with Crippen molar-refractivity contribution in [2.45, 2.75) is 39.7 Å². The van der Waals surface area contributed by atoms with Gasteiger partial charge in [-0.15, -0.1) is 0 Å². The molecule has 0 saturated heterocycles. The number of aromatic nitrogens is 5. The van der Waals surface area contributed by atoms with E-state index in [1.807, 2.05) is 18.3 Å². The second-order valence-electron chi connectivity index (χ2n) is 8.90. The SMILES string of the molecule is CCc1cccc(CC)c1-n1nc2c(c1-c1ccc(Cl)c3[nH]ccc13)CN(c1ncccn1)CC2. The monoisotopic (exact) mass is 482 g/mol. The number of rotatable bonds is 5. The molecular weight excluding hydrogens is 456 g/mol. The molecular formula is C28H27ClN6. The van der Waals surface area contributed by atoms with Crippen LogP contribution in [0.2, 0.25) is 5.02 Å². The van der Waals surface area contributed by atoms with Gasteiger partial charge >= 0.3 is 0 Å². The molecule has 1 aliphatic heterocycles. The summed E-state index contributed by atoms with van der Waals surface area (Å²) in [5.41, 5.74) is 9.36. The fourth-order valence-corrected chi connectivity index (χ4v) is 5.47. The van der Waals surface area contributed by atoms with Crippen molar-refractivity contribution in [1.29, 1.82) is 0 Å². The zero-order valence-electron chi connectivity index (χ0n) is 19.9. The number of halogens is 1. The molecule has 6 rings (SSSR count). The topological polar surface area (TPSA) is 62.6 Å². The Kier molecular flexibility index (Phi) is 5.53. The third-order valence-corrected chi connectivity index (χ3v) is 7.29. The molecule has 0 aliphatic carbocycles. The zero-order valence-corrected chi connectivity index (χ0v) is 20.7. The molecule has 1 aliphatic rings. The van der Waals surface area contributed by atoms with Crippen LogP contribution >= 0.6 is 11.6 Å². The highest BCUT2D eigenvalue weighted by atomic mass is 35.5. The molecule has 0 unspecified atom stereocenters. The number of hydrogen-bond acceptors (Lipinski definition) is 4. The Hall–Kier alpha value is -3.64. The smallest absolute Gasteiger partial charge is 0.225 e. The summed E-state index contributed by atoms with van der Waals surface area (Å²) in [7, 11) is 0. The number of H-pyrrole nitrogens is 1. The van der Waals surface area contributed by atoms with Gasteiger partial charge in [0.15, 0.2) is 0 Å². The Bertz CT molecular complexity index is 1500. The number of para-hydroxylation sites is 1. The van der Waals surface area contributed by atoms with E-state index in [0.29, 0.717) is 6.54 Å². The number of nitrogens with one attached hydrogen (secondary N) is 1. The first-order chi connectivity index (χ1) is 17.2. The average molecular weight is 483 g/mol. The number of hydrogen-bond donors (Lipinski definition) is 1. The van der Waals surface area contributed by atoms with Crippen LogP contribution in [-0.4, -0.2) is 31.3 Å². The lowest BCUT2D eigenvalue weighted by Crippen LogP contribution is -2.31. The molecule has 7 heteroatoms. The molecule has 0 saturated carbocycles. The molecule has 0 atom stereocenters. The van der Waals surface area contributed by atoms with E-state index in [4.69, 9.17) is 16.7 Å². The fourth-order valence-electron chi connectivity index (χ4n) is 5.25. The van der Waals surface area contributed by atoms with E-state index in [9.17, 15) is 0 Å². The van der Waals surface area contributed by atoms with Crippen molar-refractivity contribution in [3.05, 3.63) is 88.5 Å². The molecule has 3 aromatic heterocycles. The van der Waals surface area contributed by atoms with Gasteiger partial charge in [0.1, 0.15) is 0 Å². The van der Waals surface area contributed by atoms with Gasteiger partial charge in [-0.25, -0.2) is 14.6 Å². The maximum Gasteiger partial charge on any atom is 0.225 e. The molecule has 35 heavy (non-hydrogen) atoms. The van der Waals surface area contributed by atoms with Crippen molar-refractivity contribution >= 4 is 28.5 Å². The van der Waals surface area contributed by atoms with Gasteiger partial charge in [0.25, 0.3) is 0 Å². The molecule has 0 spiro atoms. The van der Waals surface area contributed by atoms with Crippen molar-refractivity contribution in [1.82, 2.24) is 24.7 Å². The van der Waals surface area contributed by atoms with E-state index < -0.39 is 0 Å². The van der Waals surface area contributed by atoms with E-state index in [1.54, 1.807) is 12.4 Å². The van der Waals surface area contributed by atoms with Gasteiger partial charge in [-0.05, 0) is 42.2 Å². The van der Waals surface area contributed by atoms with Gasteiger partial charge in [0, 0.05) is 54.6 Å². The highest BCUT2D eigenvalue weighted by molar-refractivity contribution is 6.35. The van der Waals surface area contributed by atoms with E-state index in [1.165, 1.54) is 22.4 Å².